The van der Waals surface area contributed by atoms with Gasteiger partial charge in [0.1, 0.15) is 37.4 Å². The summed E-state index contributed by atoms with van der Waals surface area (Å²) in [7, 11) is 0. The molecule has 1 saturated heterocycles. The number of hydrogen-bond donors (Lipinski definition) is 0. The van der Waals surface area contributed by atoms with Crippen LogP contribution in [0.3, 0.4) is 0 Å². The maximum absolute atomic E-state index is 10.8. The summed E-state index contributed by atoms with van der Waals surface area (Å²) in [5.74, 6) is 1.19. The number of hydrogen-bond acceptors (Lipinski definition) is 7. The Morgan fingerprint density at radius 1 is 0.931 bits per heavy atom. The van der Waals surface area contributed by atoms with E-state index in [0.717, 1.165) is 35.0 Å². The lowest BCUT2D eigenvalue weighted by Gasteiger charge is -2.10. The van der Waals surface area contributed by atoms with Crippen molar-refractivity contribution in [2.24, 2.45) is 0 Å². The van der Waals surface area contributed by atoms with Gasteiger partial charge in [0.2, 0.25) is 0 Å². The molecule has 1 aliphatic rings. The number of epoxide rings is 1. The van der Waals surface area contributed by atoms with E-state index in [2.05, 4.69) is 6.58 Å². The van der Waals surface area contributed by atoms with Crippen molar-refractivity contribution in [1.82, 2.24) is 0 Å². The quantitative estimate of drug-likeness (QED) is 0.208. The van der Waals surface area contributed by atoms with Gasteiger partial charge in [-0.2, -0.15) is 0 Å². The average Bonchev–Trinajstić information content (AvgIpc) is 3.57. The molecule has 0 spiro atoms. The van der Waals surface area contributed by atoms with E-state index >= 15 is 0 Å². The predicted octanol–water partition coefficient (Wildman–Crippen LogP) is 2.76. The first-order valence-electron chi connectivity index (χ1n) is 9.60. The molecule has 1 heterocycles. The molecule has 0 saturated carbocycles. The molecule has 1 unspecified atom stereocenters. The largest absolute Gasteiger partial charge is 0.491 e. The molecule has 0 amide bonds. The second-order valence-electron chi connectivity index (χ2n) is 6.38. The van der Waals surface area contributed by atoms with Crippen molar-refractivity contribution in [2.75, 3.05) is 52.9 Å². The van der Waals surface area contributed by atoms with Crippen LogP contribution in [0.15, 0.2) is 49.1 Å². The van der Waals surface area contributed by atoms with Crippen LogP contribution in [0.4, 0.5) is 0 Å². The third kappa shape index (κ3) is 7.73. The first-order valence-corrected chi connectivity index (χ1v) is 9.60. The lowest BCUT2D eigenvalue weighted by atomic mass is 10.1. The van der Waals surface area contributed by atoms with Gasteiger partial charge in [-0.05, 0) is 35.0 Å². The Hall–Kier alpha value is -2.61. The smallest absolute Gasteiger partial charge is 0.330 e. The third-order valence-electron chi connectivity index (χ3n) is 4.13. The van der Waals surface area contributed by atoms with E-state index in [1.165, 1.54) is 0 Å². The van der Waals surface area contributed by atoms with Gasteiger partial charge in [0.25, 0.3) is 0 Å². The van der Waals surface area contributed by atoms with Crippen LogP contribution in [0.1, 0.15) is 0 Å². The number of carbonyl (C=O) groups is 1. The zero-order chi connectivity index (χ0) is 20.3. The molecule has 7 nitrogen and oxygen atoms in total. The summed E-state index contributed by atoms with van der Waals surface area (Å²) in [5, 5.41) is 2.18. The number of ether oxygens (including phenoxy) is 6. The minimum Gasteiger partial charge on any atom is -0.491 e. The topological polar surface area (TPSA) is 75.8 Å². The summed E-state index contributed by atoms with van der Waals surface area (Å²) in [6, 6.07) is 11.9. The van der Waals surface area contributed by atoms with Crippen molar-refractivity contribution in [3.8, 4) is 11.5 Å². The summed E-state index contributed by atoms with van der Waals surface area (Å²) in [5.41, 5.74) is 0. The fourth-order valence-corrected chi connectivity index (χ4v) is 2.54. The van der Waals surface area contributed by atoms with E-state index in [1.54, 1.807) is 0 Å². The summed E-state index contributed by atoms with van der Waals surface area (Å²) in [6.07, 6.45) is 1.37. The average molecular weight is 402 g/mol. The van der Waals surface area contributed by atoms with E-state index in [-0.39, 0.29) is 12.7 Å². The van der Waals surface area contributed by atoms with Crippen molar-refractivity contribution in [3.05, 3.63) is 49.1 Å². The van der Waals surface area contributed by atoms with Crippen LogP contribution < -0.4 is 9.47 Å². The van der Waals surface area contributed by atoms with E-state index in [0.29, 0.717) is 39.6 Å². The van der Waals surface area contributed by atoms with E-state index in [4.69, 9.17) is 28.4 Å². The number of esters is 1. The molecule has 7 heteroatoms. The summed E-state index contributed by atoms with van der Waals surface area (Å²) >= 11 is 0. The Balaban J connectivity index is 1.28. The Bertz CT molecular complexity index is 801. The van der Waals surface area contributed by atoms with Crippen molar-refractivity contribution in [3.63, 3.8) is 0 Å². The minimum atomic E-state index is -0.451. The van der Waals surface area contributed by atoms with Crippen LogP contribution in [0.2, 0.25) is 0 Å². The Labute approximate surface area is 170 Å². The highest BCUT2D eigenvalue weighted by molar-refractivity contribution is 5.85. The molecular formula is C22H26O7. The van der Waals surface area contributed by atoms with Crippen molar-refractivity contribution < 1.29 is 33.2 Å². The molecule has 2 aromatic carbocycles. The second kappa shape index (κ2) is 11.4. The molecule has 1 fully saturated rings. The van der Waals surface area contributed by atoms with Gasteiger partial charge in [-0.1, -0.05) is 18.7 Å². The van der Waals surface area contributed by atoms with Crippen LogP contribution in [-0.4, -0.2) is 64.9 Å². The molecule has 2 aromatic rings. The summed E-state index contributed by atoms with van der Waals surface area (Å²) < 4.78 is 32.1. The third-order valence-corrected chi connectivity index (χ3v) is 4.13. The number of carbonyl (C=O) groups excluding carboxylic acids is 1. The molecule has 0 radical (unpaired) electrons. The zero-order valence-electron chi connectivity index (χ0n) is 16.3. The van der Waals surface area contributed by atoms with Gasteiger partial charge in [-0.25, -0.2) is 4.79 Å². The minimum absolute atomic E-state index is 0.207. The molecule has 0 aliphatic carbocycles. The zero-order valence-corrected chi connectivity index (χ0v) is 16.3. The lowest BCUT2D eigenvalue weighted by molar-refractivity contribution is -0.139. The highest BCUT2D eigenvalue weighted by Crippen LogP contribution is 2.25. The fraction of sp³-hybridized carbons (Fsp3) is 0.409. The van der Waals surface area contributed by atoms with Crippen LogP contribution in [-0.2, 0) is 23.7 Å². The highest BCUT2D eigenvalue weighted by Gasteiger charge is 2.23. The molecule has 0 N–H and O–H groups in total. The molecule has 0 aromatic heterocycles. The molecule has 1 aliphatic heterocycles. The number of benzene rings is 2. The van der Waals surface area contributed by atoms with Gasteiger partial charge in [0.05, 0.1) is 33.0 Å². The Kier molecular flexibility index (Phi) is 8.30. The SMILES string of the molecule is C=CC(=O)OCCOCCOCCOc1ccc2cc(OCC3CO3)ccc2c1. The summed E-state index contributed by atoms with van der Waals surface area (Å²) in [4.78, 5) is 10.8. The van der Waals surface area contributed by atoms with E-state index < -0.39 is 5.97 Å². The monoisotopic (exact) mass is 402 g/mol. The predicted molar refractivity (Wildman–Crippen MR) is 107 cm³/mol. The number of rotatable bonds is 14. The van der Waals surface area contributed by atoms with Gasteiger partial charge < -0.3 is 28.4 Å². The van der Waals surface area contributed by atoms with Crippen molar-refractivity contribution in [1.29, 1.82) is 0 Å². The lowest BCUT2D eigenvalue weighted by Crippen LogP contribution is -2.13. The van der Waals surface area contributed by atoms with Gasteiger partial charge in [-0.15, -0.1) is 0 Å². The maximum atomic E-state index is 10.8. The fourth-order valence-electron chi connectivity index (χ4n) is 2.54. The van der Waals surface area contributed by atoms with Crippen LogP contribution in [0.5, 0.6) is 11.5 Å². The molecule has 29 heavy (non-hydrogen) atoms. The van der Waals surface area contributed by atoms with Gasteiger partial charge in [0, 0.05) is 6.08 Å². The highest BCUT2D eigenvalue weighted by atomic mass is 16.6. The Morgan fingerprint density at radius 3 is 2.14 bits per heavy atom. The Morgan fingerprint density at radius 2 is 1.52 bits per heavy atom. The first-order chi connectivity index (χ1) is 14.2. The molecule has 3 rings (SSSR count). The normalized spacial score (nSPS) is 15.1. The second-order valence-corrected chi connectivity index (χ2v) is 6.38. The molecular weight excluding hydrogens is 376 g/mol. The van der Waals surface area contributed by atoms with Gasteiger partial charge in [0.15, 0.2) is 0 Å². The van der Waals surface area contributed by atoms with E-state index in [1.807, 2.05) is 36.4 Å². The number of fused-ring (bicyclic) bond motifs is 1. The van der Waals surface area contributed by atoms with Crippen molar-refractivity contribution in [2.45, 2.75) is 6.10 Å². The first kappa shape index (κ1) is 21.1. The van der Waals surface area contributed by atoms with Gasteiger partial charge in [-0.3, -0.25) is 0 Å². The maximum Gasteiger partial charge on any atom is 0.330 e. The van der Waals surface area contributed by atoms with Crippen LogP contribution in [0.25, 0.3) is 10.8 Å². The molecule has 0 bridgehead atoms. The molecule has 156 valence electrons. The standard InChI is InChI=1S/C22H26O7/c1-2-22(23)27-12-10-25-8-7-24-9-11-26-19-5-3-18-14-20(6-4-17(18)13-19)28-15-21-16-29-21/h2-6,13-14,21H,1,7-12,15-16H2. The van der Waals surface area contributed by atoms with Gasteiger partial charge >= 0.3 is 5.97 Å². The van der Waals surface area contributed by atoms with Crippen molar-refractivity contribution >= 4 is 16.7 Å². The molecule has 1 atom stereocenters. The van der Waals surface area contributed by atoms with Crippen LogP contribution >= 0.6 is 0 Å². The van der Waals surface area contributed by atoms with E-state index in [9.17, 15) is 4.79 Å². The van der Waals surface area contributed by atoms with Crippen LogP contribution in [0, 0.1) is 0 Å². The summed E-state index contributed by atoms with van der Waals surface area (Å²) in [6.45, 7) is 7.03.